The number of hydrogen-bond donors (Lipinski definition) is 1. The maximum atomic E-state index is 12.5. The van der Waals surface area contributed by atoms with Crippen LogP contribution in [0.25, 0.3) is 0 Å². The summed E-state index contributed by atoms with van der Waals surface area (Å²) in [6.07, 6.45) is 0. The summed E-state index contributed by atoms with van der Waals surface area (Å²) in [6.45, 7) is 1.73. The molecular formula is C21H15N2O6-. The molecule has 0 aliphatic heterocycles. The van der Waals surface area contributed by atoms with Gasteiger partial charge in [0.05, 0.1) is 16.6 Å². The number of ether oxygens (including phenoxy) is 1. The van der Waals surface area contributed by atoms with Crippen LogP contribution in [0.4, 0.5) is 11.4 Å². The monoisotopic (exact) mass is 391 g/mol. The number of aromatic carboxylic acids is 1. The van der Waals surface area contributed by atoms with E-state index in [2.05, 4.69) is 5.32 Å². The maximum absolute atomic E-state index is 12.5. The third-order valence-corrected chi connectivity index (χ3v) is 4.02. The number of nitrogens with zero attached hydrogens (tertiary/aromatic N) is 1. The van der Waals surface area contributed by atoms with E-state index in [0.29, 0.717) is 11.5 Å². The molecule has 1 N–H and O–H groups in total. The molecule has 0 spiro atoms. The molecule has 146 valence electrons. The van der Waals surface area contributed by atoms with Crippen molar-refractivity contribution in [2.45, 2.75) is 6.92 Å². The van der Waals surface area contributed by atoms with Gasteiger partial charge in [-0.25, -0.2) is 0 Å². The van der Waals surface area contributed by atoms with E-state index in [4.69, 9.17) is 4.74 Å². The second-order valence-electron chi connectivity index (χ2n) is 6.17. The standard InChI is InChI=1S/C21H16N2O6/c1-13-5-10-19(18(11-13)21(25)26)22-20(24)14-3-2-4-17(12-14)29-16-8-6-15(7-9-16)23(27)28/h2-12H,1H3,(H,22,24)(H,25,26)/p-1. The fourth-order valence-corrected chi connectivity index (χ4v) is 2.60. The largest absolute Gasteiger partial charge is 0.545 e. The summed E-state index contributed by atoms with van der Waals surface area (Å²) in [5.41, 5.74) is 0.918. The van der Waals surface area contributed by atoms with Crippen LogP contribution in [0.2, 0.25) is 0 Å². The summed E-state index contributed by atoms with van der Waals surface area (Å²) in [7, 11) is 0. The van der Waals surface area contributed by atoms with Crippen LogP contribution in [0.15, 0.2) is 66.7 Å². The summed E-state index contributed by atoms with van der Waals surface area (Å²) >= 11 is 0. The van der Waals surface area contributed by atoms with Crippen molar-refractivity contribution < 1.29 is 24.4 Å². The lowest BCUT2D eigenvalue weighted by Crippen LogP contribution is -2.25. The molecule has 0 aliphatic rings. The molecule has 8 heteroatoms. The van der Waals surface area contributed by atoms with Crippen LogP contribution in [-0.2, 0) is 0 Å². The molecule has 0 aromatic heterocycles. The Bertz CT molecular complexity index is 1090. The molecule has 0 bridgehead atoms. The molecule has 0 unspecified atom stereocenters. The number of hydrogen-bond acceptors (Lipinski definition) is 6. The normalized spacial score (nSPS) is 10.2. The van der Waals surface area contributed by atoms with E-state index in [9.17, 15) is 24.8 Å². The van der Waals surface area contributed by atoms with Crippen molar-refractivity contribution in [1.29, 1.82) is 0 Å². The first kappa shape index (κ1) is 19.6. The average Bonchev–Trinajstić information content (AvgIpc) is 2.69. The van der Waals surface area contributed by atoms with Crippen molar-refractivity contribution in [2.75, 3.05) is 5.32 Å². The highest BCUT2D eigenvalue weighted by Gasteiger charge is 2.12. The summed E-state index contributed by atoms with van der Waals surface area (Å²) in [6, 6.07) is 16.3. The number of carbonyl (C=O) groups is 2. The zero-order chi connectivity index (χ0) is 21.0. The number of anilines is 1. The molecule has 0 heterocycles. The maximum Gasteiger partial charge on any atom is 0.269 e. The van der Waals surface area contributed by atoms with Crippen molar-refractivity contribution in [1.82, 2.24) is 0 Å². The number of carboxylic acids is 1. The predicted octanol–water partition coefficient (Wildman–Crippen LogP) is 3.31. The van der Waals surface area contributed by atoms with Gasteiger partial charge in [-0.2, -0.15) is 0 Å². The number of nitrogens with one attached hydrogen (secondary N) is 1. The highest BCUT2D eigenvalue weighted by atomic mass is 16.6. The molecule has 3 rings (SSSR count). The Hall–Kier alpha value is -4.20. The highest BCUT2D eigenvalue weighted by molar-refractivity contribution is 6.07. The number of rotatable bonds is 6. The fourth-order valence-electron chi connectivity index (χ4n) is 2.60. The zero-order valence-corrected chi connectivity index (χ0v) is 15.2. The van der Waals surface area contributed by atoms with Crippen LogP contribution in [0.5, 0.6) is 11.5 Å². The van der Waals surface area contributed by atoms with Crippen molar-refractivity contribution >= 4 is 23.3 Å². The number of aryl methyl sites for hydroxylation is 1. The van der Waals surface area contributed by atoms with Gasteiger partial charge < -0.3 is 20.0 Å². The molecule has 0 fully saturated rings. The average molecular weight is 391 g/mol. The lowest BCUT2D eigenvalue weighted by molar-refractivity contribution is -0.384. The molecule has 8 nitrogen and oxygen atoms in total. The minimum Gasteiger partial charge on any atom is -0.545 e. The van der Waals surface area contributed by atoms with Gasteiger partial charge in [0.25, 0.3) is 11.6 Å². The molecule has 3 aromatic rings. The Morgan fingerprint density at radius 1 is 0.966 bits per heavy atom. The second-order valence-corrected chi connectivity index (χ2v) is 6.17. The second kappa shape index (κ2) is 8.22. The van der Waals surface area contributed by atoms with Gasteiger partial charge in [0.1, 0.15) is 11.5 Å². The zero-order valence-electron chi connectivity index (χ0n) is 15.2. The van der Waals surface area contributed by atoms with Gasteiger partial charge in [-0.3, -0.25) is 14.9 Å². The first-order valence-electron chi connectivity index (χ1n) is 8.49. The summed E-state index contributed by atoms with van der Waals surface area (Å²) in [5.74, 6) is -1.20. The Kier molecular flexibility index (Phi) is 5.54. The van der Waals surface area contributed by atoms with E-state index in [1.807, 2.05) is 0 Å². The summed E-state index contributed by atoms with van der Waals surface area (Å²) in [5, 5.41) is 24.6. The summed E-state index contributed by atoms with van der Waals surface area (Å²) < 4.78 is 5.63. The van der Waals surface area contributed by atoms with Crippen LogP contribution in [-0.4, -0.2) is 16.8 Å². The molecule has 0 saturated heterocycles. The topological polar surface area (TPSA) is 122 Å². The van der Waals surface area contributed by atoms with Crippen LogP contribution in [0.1, 0.15) is 26.3 Å². The van der Waals surface area contributed by atoms with E-state index >= 15 is 0 Å². The molecule has 0 radical (unpaired) electrons. The van der Waals surface area contributed by atoms with E-state index in [-0.39, 0.29) is 22.5 Å². The van der Waals surface area contributed by atoms with Crippen LogP contribution >= 0.6 is 0 Å². The smallest absolute Gasteiger partial charge is 0.269 e. The Morgan fingerprint density at radius 3 is 2.34 bits per heavy atom. The quantitative estimate of drug-likeness (QED) is 0.508. The highest BCUT2D eigenvalue weighted by Crippen LogP contribution is 2.25. The van der Waals surface area contributed by atoms with Gasteiger partial charge in [-0.05, 0) is 49.4 Å². The number of nitro benzene ring substituents is 1. The van der Waals surface area contributed by atoms with Gasteiger partial charge in [0.15, 0.2) is 0 Å². The molecule has 1 amide bonds. The van der Waals surface area contributed by atoms with Crippen LogP contribution in [0, 0.1) is 17.0 Å². The third-order valence-electron chi connectivity index (χ3n) is 4.02. The minimum atomic E-state index is -1.39. The molecule has 0 aliphatic carbocycles. The number of benzene rings is 3. The van der Waals surface area contributed by atoms with Crippen molar-refractivity contribution in [3.8, 4) is 11.5 Å². The molecule has 0 atom stereocenters. The van der Waals surface area contributed by atoms with Gasteiger partial charge in [-0.1, -0.05) is 17.7 Å². The molecule has 3 aromatic carbocycles. The van der Waals surface area contributed by atoms with Crippen LogP contribution in [0.3, 0.4) is 0 Å². The van der Waals surface area contributed by atoms with E-state index in [1.165, 1.54) is 42.5 Å². The number of non-ortho nitro benzene ring substituents is 1. The molecule has 29 heavy (non-hydrogen) atoms. The SMILES string of the molecule is Cc1ccc(NC(=O)c2cccc(Oc3ccc([N+](=O)[O-])cc3)c2)c(C(=O)[O-])c1. The molecular weight excluding hydrogens is 376 g/mol. The number of carbonyl (C=O) groups excluding carboxylic acids is 2. The van der Waals surface area contributed by atoms with E-state index < -0.39 is 16.8 Å². The van der Waals surface area contributed by atoms with Crippen molar-refractivity contribution in [2.24, 2.45) is 0 Å². The van der Waals surface area contributed by atoms with Gasteiger partial charge in [0.2, 0.25) is 0 Å². The van der Waals surface area contributed by atoms with E-state index in [1.54, 1.807) is 31.2 Å². The Morgan fingerprint density at radius 2 is 1.69 bits per heavy atom. The number of amides is 1. The number of carboxylic acid groups (broad SMARTS) is 1. The Balaban J connectivity index is 1.78. The Labute approximate surface area is 165 Å². The fraction of sp³-hybridized carbons (Fsp3) is 0.0476. The third kappa shape index (κ3) is 4.75. The minimum absolute atomic E-state index is 0.0627. The van der Waals surface area contributed by atoms with Gasteiger partial charge in [0, 0.05) is 23.3 Å². The van der Waals surface area contributed by atoms with Gasteiger partial charge >= 0.3 is 0 Å². The lowest BCUT2D eigenvalue weighted by Gasteiger charge is -2.13. The van der Waals surface area contributed by atoms with E-state index in [0.717, 1.165) is 5.56 Å². The summed E-state index contributed by atoms with van der Waals surface area (Å²) in [4.78, 5) is 34.0. The number of nitro groups is 1. The predicted molar refractivity (Wildman–Crippen MR) is 103 cm³/mol. The lowest BCUT2D eigenvalue weighted by atomic mass is 10.1. The first-order chi connectivity index (χ1) is 13.8. The van der Waals surface area contributed by atoms with Crippen LogP contribution < -0.4 is 15.2 Å². The van der Waals surface area contributed by atoms with Gasteiger partial charge in [-0.15, -0.1) is 0 Å². The van der Waals surface area contributed by atoms with Crippen molar-refractivity contribution in [3.63, 3.8) is 0 Å². The van der Waals surface area contributed by atoms with Crippen molar-refractivity contribution in [3.05, 3.63) is 93.5 Å². The molecule has 0 saturated carbocycles. The first-order valence-corrected chi connectivity index (χ1v) is 8.49.